The van der Waals surface area contributed by atoms with Crippen LogP contribution in [0.4, 0.5) is 15.0 Å². The minimum Gasteiger partial charge on any atom is -0.508 e. The first kappa shape index (κ1) is 30.9. The van der Waals surface area contributed by atoms with E-state index in [0.29, 0.717) is 48.1 Å². The number of aromatic nitrogens is 2. The van der Waals surface area contributed by atoms with E-state index in [-0.39, 0.29) is 40.0 Å². The number of amides is 1. The lowest BCUT2D eigenvalue weighted by atomic mass is 9.96. The number of ether oxygens (including phenoxy) is 1. The van der Waals surface area contributed by atoms with Gasteiger partial charge in [0.05, 0.1) is 17.1 Å². The molecule has 3 fully saturated rings. The minimum atomic E-state index is -0.578. The van der Waals surface area contributed by atoms with Crippen LogP contribution < -0.4 is 4.90 Å². The Kier molecular flexibility index (Phi) is 7.96. The topological polar surface area (TPSA) is 82.0 Å². The smallest absolute Gasteiger partial charge is 0.410 e. The van der Waals surface area contributed by atoms with Crippen molar-refractivity contribution in [2.45, 2.75) is 83.0 Å². The van der Waals surface area contributed by atoms with Gasteiger partial charge in [-0.1, -0.05) is 35.9 Å². The number of nitrogens with zero attached hydrogens (tertiary/aromatic N) is 5. The summed E-state index contributed by atoms with van der Waals surface area (Å²) in [6.45, 7) is 7.84. The zero-order chi connectivity index (χ0) is 32.3. The molecule has 3 unspecified atom stereocenters. The first-order valence-electron chi connectivity index (χ1n) is 16.3. The molecule has 1 amide bonds. The summed E-state index contributed by atoms with van der Waals surface area (Å²) in [5.41, 5.74) is 0.361. The summed E-state index contributed by atoms with van der Waals surface area (Å²) < 4.78 is 22.7. The summed E-state index contributed by atoms with van der Waals surface area (Å²) in [5.74, 6) is 0.745. The molecule has 1 N–H and O–H groups in total. The van der Waals surface area contributed by atoms with Crippen LogP contribution >= 0.6 is 11.6 Å². The van der Waals surface area contributed by atoms with Crippen molar-refractivity contribution in [1.29, 1.82) is 0 Å². The molecule has 3 atom stereocenters. The number of halogens is 2. The first-order chi connectivity index (χ1) is 22.0. The molecule has 242 valence electrons. The standard InChI is InChI=1S/C36H41ClFN5O3/c1-36(2,3)46-35(45)43-23-11-12-24(43)20-42(19-23)34-28-18-29(37)31(27-17-25(44)16-21-8-5-6-10-26(21)27)32(38)33(28)39-30(40-34)14-13-22-9-7-15-41(22)4/h5-6,8,10,16-18,22-24,44H,7,9,11-15,19-20H2,1-4H3. The zero-order valence-electron chi connectivity index (χ0n) is 26.9. The van der Waals surface area contributed by atoms with Crippen LogP contribution in [0.5, 0.6) is 5.75 Å². The van der Waals surface area contributed by atoms with E-state index in [1.165, 1.54) is 6.42 Å². The highest BCUT2D eigenvalue weighted by molar-refractivity contribution is 6.35. The highest BCUT2D eigenvalue weighted by Gasteiger charge is 2.45. The Bertz CT molecular complexity index is 1810. The van der Waals surface area contributed by atoms with Gasteiger partial charge in [-0.05, 0) is 101 Å². The van der Waals surface area contributed by atoms with Crippen molar-refractivity contribution in [1.82, 2.24) is 19.8 Å². The Labute approximate surface area is 274 Å². The number of anilines is 1. The van der Waals surface area contributed by atoms with Crippen LogP contribution in [-0.4, -0.2) is 81.4 Å². The fourth-order valence-corrected chi connectivity index (χ4v) is 7.95. The number of aryl methyl sites for hydroxylation is 1. The lowest BCUT2D eigenvalue weighted by Gasteiger charge is -2.42. The SMILES string of the molecule is CN1CCCC1CCc1nc(N2CC3CCC(C2)N3C(=O)OC(C)(C)C)c2cc(Cl)c(-c3cc(O)cc4ccccc34)c(F)c2n1. The van der Waals surface area contributed by atoms with E-state index in [1.54, 1.807) is 18.2 Å². The van der Waals surface area contributed by atoms with E-state index in [0.717, 1.165) is 43.0 Å². The van der Waals surface area contributed by atoms with Gasteiger partial charge in [-0.2, -0.15) is 0 Å². The second-order valence-electron chi connectivity index (χ2n) is 14.1. The van der Waals surface area contributed by atoms with Crippen molar-refractivity contribution in [3.05, 3.63) is 59.1 Å². The van der Waals surface area contributed by atoms with E-state index < -0.39 is 11.4 Å². The van der Waals surface area contributed by atoms with Crippen LogP contribution in [0.15, 0.2) is 42.5 Å². The average molecular weight is 646 g/mol. The van der Waals surface area contributed by atoms with Gasteiger partial charge in [0.2, 0.25) is 0 Å². The molecule has 3 aromatic carbocycles. The summed E-state index contributed by atoms with van der Waals surface area (Å²) in [6, 6.07) is 12.9. The van der Waals surface area contributed by atoms with E-state index in [4.69, 9.17) is 26.3 Å². The summed E-state index contributed by atoms with van der Waals surface area (Å²) >= 11 is 6.93. The van der Waals surface area contributed by atoms with Crippen LogP contribution in [0.2, 0.25) is 5.02 Å². The van der Waals surface area contributed by atoms with Crippen LogP contribution in [0.3, 0.4) is 0 Å². The second-order valence-corrected chi connectivity index (χ2v) is 14.5. The number of fused-ring (bicyclic) bond motifs is 4. The largest absolute Gasteiger partial charge is 0.508 e. The van der Waals surface area contributed by atoms with Gasteiger partial charge in [0, 0.05) is 36.5 Å². The number of piperazine rings is 1. The molecule has 2 bridgehead atoms. The van der Waals surface area contributed by atoms with Crippen molar-refractivity contribution in [3.63, 3.8) is 0 Å². The maximum Gasteiger partial charge on any atom is 0.410 e. The molecule has 3 aliphatic heterocycles. The molecule has 3 saturated heterocycles. The Morgan fingerprint density at radius 3 is 2.50 bits per heavy atom. The summed E-state index contributed by atoms with van der Waals surface area (Å²) in [6.07, 6.45) is 5.26. The third kappa shape index (κ3) is 5.72. The van der Waals surface area contributed by atoms with Gasteiger partial charge in [-0.3, -0.25) is 4.90 Å². The Balaban J connectivity index is 1.32. The fourth-order valence-electron chi connectivity index (χ4n) is 7.65. The molecule has 4 heterocycles. The van der Waals surface area contributed by atoms with Crippen molar-refractivity contribution in [2.24, 2.45) is 0 Å². The minimum absolute atomic E-state index is 0.0346. The van der Waals surface area contributed by atoms with E-state index in [2.05, 4.69) is 16.8 Å². The Morgan fingerprint density at radius 2 is 1.80 bits per heavy atom. The number of benzene rings is 3. The highest BCUT2D eigenvalue weighted by Crippen LogP contribution is 2.43. The number of likely N-dealkylation sites (tertiary alicyclic amines) is 1. The zero-order valence-corrected chi connectivity index (χ0v) is 27.6. The van der Waals surface area contributed by atoms with Crippen LogP contribution in [0.25, 0.3) is 32.8 Å². The summed E-state index contributed by atoms with van der Waals surface area (Å²) in [7, 11) is 2.15. The Hall–Kier alpha value is -3.69. The number of carbonyl (C=O) groups is 1. The third-order valence-corrected chi connectivity index (χ3v) is 10.1. The van der Waals surface area contributed by atoms with Crippen molar-refractivity contribution < 1.29 is 19.0 Å². The molecule has 0 spiro atoms. The number of aromatic hydroxyl groups is 1. The lowest BCUT2D eigenvalue weighted by molar-refractivity contribution is 0.0123. The van der Waals surface area contributed by atoms with Crippen LogP contribution in [-0.2, 0) is 11.2 Å². The molecule has 46 heavy (non-hydrogen) atoms. The van der Waals surface area contributed by atoms with Gasteiger partial charge in [0.25, 0.3) is 0 Å². The average Bonchev–Trinajstić information content (AvgIpc) is 3.53. The summed E-state index contributed by atoms with van der Waals surface area (Å²) in [4.78, 5) is 29.5. The molecular weight excluding hydrogens is 605 g/mol. The number of hydrogen-bond acceptors (Lipinski definition) is 7. The van der Waals surface area contributed by atoms with E-state index in [9.17, 15) is 9.90 Å². The predicted molar refractivity (Wildman–Crippen MR) is 180 cm³/mol. The van der Waals surface area contributed by atoms with Crippen LogP contribution in [0.1, 0.15) is 58.7 Å². The monoisotopic (exact) mass is 645 g/mol. The van der Waals surface area contributed by atoms with Crippen LogP contribution in [0, 0.1) is 5.82 Å². The van der Waals surface area contributed by atoms with Gasteiger partial charge in [-0.15, -0.1) is 0 Å². The summed E-state index contributed by atoms with van der Waals surface area (Å²) in [5, 5.41) is 12.9. The van der Waals surface area contributed by atoms with Crippen molar-refractivity contribution in [3.8, 4) is 16.9 Å². The quantitative estimate of drug-likeness (QED) is 0.240. The molecule has 7 rings (SSSR count). The van der Waals surface area contributed by atoms with Crippen molar-refractivity contribution >= 4 is 45.2 Å². The molecule has 1 aromatic heterocycles. The van der Waals surface area contributed by atoms with E-state index >= 15 is 4.39 Å². The molecular formula is C36H41ClFN5O3. The number of rotatable bonds is 5. The first-order valence-corrected chi connectivity index (χ1v) is 16.7. The normalized spacial score (nSPS) is 21.9. The van der Waals surface area contributed by atoms with E-state index in [1.807, 2.05) is 49.9 Å². The molecule has 4 aromatic rings. The van der Waals surface area contributed by atoms with Gasteiger partial charge in [0.15, 0.2) is 5.82 Å². The maximum absolute atomic E-state index is 16.9. The maximum atomic E-state index is 16.9. The highest BCUT2D eigenvalue weighted by atomic mass is 35.5. The number of phenols is 1. The molecule has 0 saturated carbocycles. The lowest BCUT2D eigenvalue weighted by Crippen LogP contribution is -2.57. The molecule has 10 heteroatoms. The van der Waals surface area contributed by atoms with Gasteiger partial charge in [-0.25, -0.2) is 19.2 Å². The molecule has 0 aliphatic carbocycles. The molecule has 8 nitrogen and oxygen atoms in total. The Morgan fingerprint density at radius 1 is 1.07 bits per heavy atom. The molecule has 3 aliphatic rings. The van der Waals surface area contributed by atoms with Gasteiger partial charge in [0.1, 0.15) is 28.5 Å². The fraction of sp³-hybridized carbons (Fsp3) is 0.472. The number of carbonyl (C=O) groups excluding carboxylic acids is 1. The number of phenolic OH excluding ortho intramolecular Hbond substituents is 1. The van der Waals surface area contributed by atoms with Gasteiger partial charge < -0.3 is 19.6 Å². The number of hydrogen-bond donors (Lipinski definition) is 1. The third-order valence-electron chi connectivity index (χ3n) is 9.78. The van der Waals surface area contributed by atoms with Crippen molar-refractivity contribution in [2.75, 3.05) is 31.6 Å². The molecule has 0 radical (unpaired) electrons. The second kappa shape index (κ2) is 11.8. The predicted octanol–water partition coefficient (Wildman–Crippen LogP) is 7.56. The van der Waals surface area contributed by atoms with Gasteiger partial charge >= 0.3 is 6.09 Å².